The van der Waals surface area contributed by atoms with Crippen LogP contribution in [0.25, 0.3) is 10.9 Å². The van der Waals surface area contributed by atoms with Crippen molar-refractivity contribution in [2.45, 2.75) is 13.8 Å². The molecule has 0 bridgehead atoms. The van der Waals surface area contributed by atoms with E-state index < -0.39 is 0 Å². The molecule has 0 aliphatic carbocycles. The minimum absolute atomic E-state index is 0.247. The Kier molecular flexibility index (Phi) is 5.22. The molecule has 2 N–H and O–H groups in total. The molecule has 0 radical (unpaired) electrons. The molecule has 4 rings (SSSR count). The van der Waals surface area contributed by atoms with Crippen LogP contribution in [0, 0.1) is 13.8 Å². The van der Waals surface area contributed by atoms with Crippen LogP contribution in [0.4, 0.5) is 11.4 Å². The number of hydrogen-bond donors (Lipinski definition) is 2. The van der Waals surface area contributed by atoms with Crippen molar-refractivity contribution in [1.29, 1.82) is 0 Å². The lowest BCUT2D eigenvalue weighted by Crippen LogP contribution is -2.15. The highest BCUT2D eigenvalue weighted by Crippen LogP contribution is 2.22. The predicted octanol–water partition coefficient (Wildman–Crippen LogP) is 4.75. The molecule has 0 aliphatic rings. The first kappa shape index (κ1) is 19.3. The van der Waals surface area contributed by atoms with Crippen molar-refractivity contribution >= 4 is 34.1 Å². The van der Waals surface area contributed by atoms with Crippen LogP contribution < -0.4 is 10.6 Å². The van der Waals surface area contributed by atoms with Gasteiger partial charge in [-0.15, -0.1) is 0 Å². The fraction of sp³-hybridized carbons (Fsp3) is 0.0833. The SMILES string of the molecule is Cc1ccc2nc(C)cc(C(=O)Nc3cccc(C(=O)Nc4ccncc4)c3)c2c1. The van der Waals surface area contributed by atoms with Gasteiger partial charge in [0.15, 0.2) is 0 Å². The number of anilines is 2. The van der Waals surface area contributed by atoms with Gasteiger partial charge in [-0.3, -0.25) is 19.6 Å². The van der Waals surface area contributed by atoms with Crippen molar-refractivity contribution in [1.82, 2.24) is 9.97 Å². The lowest BCUT2D eigenvalue weighted by molar-refractivity contribution is 0.101. The number of pyridine rings is 2. The normalized spacial score (nSPS) is 10.6. The van der Waals surface area contributed by atoms with Crippen molar-refractivity contribution in [2.24, 2.45) is 0 Å². The zero-order valence-corrected chi connectivity index (χ0v) is 16.6. The Morgan fingerprint density at radius 3 is 2.37 bits per heavy atom. The highest BCUT2D eigenvalue weighted by molar-refractivity contribution is 6.13. The first-order chi connectivity index (χ1) is 14.5. The van der Waals surface area contributed by atoms with E-state index >= 15 is 0 Å². The number of aromatic nitrogens is 2. The van der Waals surface area contributed by atoms with Crippen molar-refractivity contribution < 1.29 is 9.59 Å². The summed E-state index contributed by atoms with van der Waals surface area (Å²) in [5.41, 5.74) is 4.77. The van der Waals surface area contributed by atoms with E-state index in [1.54, 1.807) is 54.9 Å². The molecule has 30 heavy (non-hydrogen) atoms. The lowest BCUT2D eigenvalue weighted by atomic mass is 10.0. The van der Waals surface area contributed by atoms with Gasteiger partial charge >= 0.3 is 0 Å². The van der Waals surface area contributed by atoms with Crippen LogP contribution in [0.2, 0.25) is 0 Å². The predicted molar refractivity (Wildman–Crippen MR) is 118 cm³/mol. The van der Waals surface area contributed by atoms with Crippen LogP contribution >= 0.6 is 0 Å². The number of hydrogen-bond acceptors (Lipinski definition) is 4. The summed E-state index contributed by atoms with van der Waals surface area (Å²) in [6, 6.07) is 17.9. The third kappa shape index (κ3) is 4.17. The smallest absolute Gasteiger partial charge is 0.256 e. The van der Waals surface area contributed by atoms with Gasteiger partial charge in [0.1, 0.15) is 0 Å². The van der Waals surface area contributed by atoms with E-state index in [4.69, 9.17) is 0 Å². The molecule has 6 nitrogen and oxygen atoms in total. The van der Waals surface area contributed by atoms with Gasteiger partial charge in [0, 0.05) is 40.4 Å². The third-order valence-corrected chi connectivity index (χ3v) is 4.66. The van der Waals surface area contributed by atoms with E-state index in [9.17, 15) is 9.59 Å². The fourth-order valence-corrected chi connectivity index (χ4v) is 3.24. The molecule has 0 fully saturated rings. The summed E-state index contributed by atoms with van der Waals surface area (Å²) in [6.45, 7) is 3.84. The Hall–Kier alpha value is -4.06. The number of amides is 2. The van der Waals surface area contributed by atoms with Gasteiger partial charge < -0.3 is 10.6 Å². The number of fused-ring (bicyclic) bond motifs is 1. The van der Waals surface area contributed by atoms with Gasteiger partial charge in [-0.05, 0) is 62.4 Å². The molecule has 6 heteroatoms. The molecule has 0 unspecified atom stereocenters. The standard InChI is InChI=1S/C24H20N4O2/c1-15-6-7-22-20(12-15)21(13-16(2)26-22)24(30)28-19-5-3-4-17(14-19)23(29)27-18-8-10-25-11-9-18/h3-14H,1-2H3,(H,28,30)(H,25,27,29). The van der Waals surface area contributed by atoms with E-state index in [2.05, 4.69) is 20.6 Å². The molecule has 2 aromatic heterocycles. The molecule has 2 heterocycles. The van der Waals surface area contributed by atoms with Gasteiger partial charge in [-0.25, -0.2) is 0 Å². The second-order valence-corrected chi connectivity index (χ2v) is 7.06. The Morgan fingerprint density at radius 2 is 1.57 bits per heavy atom. The zero-order valence-electron chi connectivity index (χ0n) is 16.6. The number of nitrogens with one attached hydrogen (secondary N) is 2. The number of carbonyl (C=O) groups excluding carboxylic acids is 2. The Balaban J connectivity index is 1.59. The van der Waals surface area contributed by atoms with Crippen molar-refractivity contribution in [3.05, 3.63) is 95.4 Å². The maximum atomic E-state index is 13.0. The van der Waals surface area contributed by atoms with Crippen molar-refractivity contribution in [2.75, 3.05) is 10.6 Å². The van der Waals surface area contributed by atoms with Gasteiger partial charge in [0.2, 0.25) is 0 Å². The molecule has 148 valence electrons. The first-order valence-corrected chi connectivity index (χ1v) is 9.50. The number of carbonyl (C=O) groups is 2. The topological polar surface area (TPSA) is 84.0 Å². The average molecular weight is 396 g/mol. The number of rotatable bonds is 4. The van der Waals surface area contributed by atoms with E-state index in [0.717, 1.165) is 22.2 Å². The fourth-order valence-electron chi connectivity index (χ4n) is 3.24. The molecular formula is C24H20N4O2. The van der Waals surface area contributed by atoms with E-state index in [1.807, 2.05) is 32.0 Å². The largest absolute Gasteiger partial charge is 0.322 e. The summed E-state index contributed by atoms with van der Waals surface area (Å²) < 4.78 is 0. The maximum absolute atomic E-state index is 13.0. The van der Waals surface area contributed by atoms with Crippen LogP contribution in [0.3, 0.4) is 0 Å². The Labute approximate surface area is 174 Å². The Bertz CT molecular complexity index is 1250. The highest BCUT2D eigenvalue weighted by atomic mass is 16.2. The molecule has 2 aromatic carbocycles. The van der Waals surface area contributed by atoms with Crippen molar-refractivity contribution in [3.8, 4) is 0 Å². The molecular weight excluding hydrogens is 376 g/mol. The summed E-state index contributed by atoms with van der Waals surface area (Å²) in [7, 11) is 0. The minimum atomic E-state index is -0.266. The summed E-state index contributed by atoms with van der Waals surface area (Å²) in [4.78, 5) is 34.0. The molecule has 0 saturated heterocycles. The highest BCUT2D eigenvalue weighted by Gasteiger charge is 2.14. The Morgan fingerprint density at radius 1 is 0.800 bits per heavy atom. The molecule has 2 amide bonds. The number of benzene rings is 2. The van der Waals surface area contributed by atoms with Gasteiger partial charge in [-0.1, -0.05) is 17.7 Å². The van der Waals surface area contributed by atoms with E-state index in [-0.39, 0.29) is 11.8 Å². The molecule has 0 spiro atoms. The monoisotopic (exact) mass is 396 g/mol. The van der Waals surface area contributed by atoms with Gasteiger partial charge in [0.05, 0.1) is 11.1 Å². The summed E-state index contributed by atoms with van der Waals surface area (Å²) in [5, 5.41) is 6.50. The van der Waals surface area contributed by atoms with Crippen LogP contribution in [0.1, 0.15) is 32.0 Å². The lowest BCUT2D eigenvalue weighted by Gasteiger charge is -2.11. The average Bonchev–Trinajstić information content (AvgIpc) is 2.74. The maximum Gasteiger partial charge on any atom is 0.256 e. The molecule has 0 saturated carbocycles. The van der Waals surface area contributed by atoms with Crippen LogP contribution in [0.5, 0.6) is 0 Å². The van der Waals surface area contributed by atoms with Crippen LogP contribution in [0.15, 0.2) is 73.1 Å². The minimum Gasteiger partial charge on any atom is -0.322 e. The van der Waals surface area contributed by atoms with E-state index in [1.165, 1.54) is 0 Å². The summed E-state index contributed by atoms with van der Waals surface area (Å²) in [6.07, 6.45) is 3.21. The second kappa shape index (κ2) is 8.13. The quantitative estimate of drug-likeness (QED) is 0.521. The number of aryl methyl sites for hydroxylation is 2. The zero-order chi connectivity index (χ0) is 21.1. The molecule has 0 atom stereocenters. The molecule has 4 aromatic rings. The van der Waals surface area contributed by atoms with Crippen molar-refractivity contribution in [3.63, 3.8) is 0 Å². The van der Waals surface area contributed by atoms with Crippen LogP contribution in [-0.2, 0) is 0 Å². The summed E-state index contributed by atoms with van der Waals surface area (Å²) >= 11 is 0. The number of nitrogens with zero attached hydrogens (tertiary/aromatic N) is 2. The van der Waals surface area contributed by atoms with Gasteiger partial charge in [-0.2, -0.15) is 0 Å². The third-order valence-electron chi connectivity index (χ3n) is 4.66. The van der Waals surface area contributed by atoms with Gasteiger partial charge in [0.25, 0.3) is 11.8 Å². The second-order valence-electron chi connectivity index (χ2n) is 7.06. The molecule has 0 aliphatic heterocycles. The van der Waals surface area contributed by atoms with Crippen LogP contribution in [-0.4, -0.2) is 21.8 Å². The first-order valence-electron chi connectivity index (χ1n) is 9.50. The van der Waals surface area contributed by atoms with E-state index in [0.29, 0.717) is 22.5 Å². The summed E-state index contributed by atoms with van der Waals surface area (Å²) in [5.74, 6) is -0.513.